The minimum absolute atomic E-state index is 0.368. The van der Waals surface area contributed by atoms with Crippen LogP contribution in [0.1, 0.15) is 46.5 Å². The van der Waals surface area contributed by atoms with Crippen molar-refractivity contribution >= 4 is 0 Å². The molecule has 2 atom stereocenters. The average Bonchev–Trinajstić information content (AvgIpc) is 2.42. The van der Waals surface area contributed by atoms with E-state index in [2.05, 4.69) is 49.2 Å². The summed E-state index contributed by atoms with van der Waals surface area (Å²) in [6, 6.07) is 0. The molecule has 0 amide bonds. The van der Waals surface area contributed by atoms with Gasteiger partial charge in [-0.1, -0.05) is 23.8 Å². The number of rotatable bonds is 4. The average molecular weight is 262 g/mol. The largest absolute Gasteiger partial charge is 0.310 e. The second-order valence-corrected chi connectivity index (χ2v) is 6.36. The van der Waals surface area contributed by atoms with Crippen LogP contribution in [-0.4, -0.2) is 36.6 Å². The Morgan fingerprint density at radius 1 is 1.37 bits per heavy atom. The van der Waals surface area contributed by atoms with Gasteiger partial charge < -0.3 is 10.2 Å². The summed E-state index contributed by atoms with van der Waals surface area (Å²) in [7, 11) is 0. The second kappa shape index (κ2) is 6.71. The summed E-state index contributed by atoms with van der Waals surface area (Å²) in [4.78, 5) is 2.65. The normalized spacial score (nSPS) is 33.6. The third-order valence-corrected chi connectivity index (χ3v) is 4.97. The second-order valence-electron chi connectivity index (χ2n) is 6.36. The van der Waals surface area contributed by atoms with Gasteiger partial charge in [0.1, 0.15) is 0 Å². The fraction of sp³-hybridized carbons (Fsp3) is 0.765. The van der Waals surface area contributed by atoms with E-state index >= 15 is 0 Å². The Labute approximate surface area is 118 Å². The predicted molar refractivity (Wildman–Crippen MR) is 83.4 cm³/mol. The molecule has 2 heterocycles. The van der Waals surface area contributed by atoms with Gasteiger partial charge in [-0.05, 0) is 65.5 Å². The highest BCUT2D eigenvalue weighted by Crippen LogP contribution is 2.33. The number of likely N-dealkylation sites (tertiary alicyclic amines) is 1. The van der Waals surface area contributed by atoms with E-state index < -0.39 is 0 Å². The summed E-state index contributed by atoms with van der Waals surface area (Å²) >= 11 is 0. The molecule has 108 valence electrons. The van der Waals surface area contributed by atoms with Crippen LogP contribution >= 0.6 is 0 Å². The third kappa shape index (κ3) is 3.70. The van der Waals surface area contributed by atoms with Crippen molar-refractivity contribution in [1.82, 2.24) is 10.2 Å². The summed E-state index contributed by atoms with van der Waals surface area (Å²) in [6.07, 6.45) is 12.0. The van der Waals surface area contributed by atoms with Crippen LogP contribution in [0.3, 0.4) is 0 Å². The maximum absolute atomic E-state index is 3.78. The van der Waals surface area contributed by atoms with E-state index in [0.717, 1.165) is 5.92 Å². The lowest BCUT2D eigenvalue weighted by Crippen LogP contribution is -2.62. The molecule has 2 fully saturated rings. The summed E-state index contributed by atoms with van der Waals surface area (Å²) in [6.45, 7) is 11.6. The van der Waals surface area contributed by atoms with E-state index in [1.807, 2.05) is 0 Å². The van der Waals surface area contributed by atoms with Crippen LogP contribution in [0.4, 0.5) is 0 Å². The van der Waals surface area contributed by atoms with Gasteiger partial charge in [-0.15, -0.1) is 0 Å². The van der Waals surface area contributed by atoms with Gasteiger partial charge in [0.05, 0.1) is 0 Å². The van der Waals surface area contributed by atoms with Gasteiger partial charge in [0, 0.05) is 18.6 Å². The van der Waals surface area contributed by atoms with Gasteiger partial charge in [-0.25, -0.2) is 0 Å². The van der Waals surface area contributed by atoms with Gasteiger partial charge in [-0.2, -0.15) is 0 Å². The molecule has 19 heavy (non-hydrogen) atoms. The lowest BCUT2D eigenvalue weighted by molar-refractivity contribution is 0.0533. The van der Waals surface area contributed by atoms with Gasteiger partial charge in [0.15, 0.2) is 0 Å². The van der Waals surface area contributed by atoms with Crippen molar-refractivity contribution in [3.63, 3.8) is 0 Å². The molecule has 2 rings (SSSR count). The molecule has 1 N–H and O–H groups in total. The topological polar surface area (TPSA) is 15.3 Å². The van der Waals surface area contributed by atoms with Crippen LogP contribution in [0.2, 0.25) is 0 Å². The fourth-order valence-electron chi connectivity index (χ4n) is 3.73. The maximum Gasteiger partial charge on any atom is 0.0309 e. The van der Waals surface area contributed by atoms with E-state index in [-0.39, 0.29) is 0 Å². The number of hydrogen-bond donors (Lipinski definition) is 1. The van der Waals surface area contributed by atoms with Crippen LogP contribution in [0.5, 0.6) is 0 Å². The predicted octanol–water partition coefficient (Wildman–Crippen LogP) is 3.36. The third-order valence-electron chi connectivity index (χ3n) is 4.97. The van der Waals surface area contributed by atoms with Gasteiger partial charge in [-0.3, -0.25) is 0 Å². The molecule has 2 saturated heterocycles. The number of nitrogens with zero attached hydrogens (tertiary/aromatic N) is 1. The molecule has 0 aromatic rings. The van der Waals surface area contributed by atoms with Crippen LogP contribution in [0.15, 0.2) is 23.8 Å². The number of hydrogen-bond acceptors (Lipinski definition) is 2. The Balaban J connectivity index is 1.86. The maximum atomic E-state index is 3.78. The first-order valence-corrected chi connectivity index (χ1v) is 7.93. The highest BCUT2D eigenvalue weighted by Gasteiger charge is 2.40. The Bertz CT molecular complexity index is 345. The molecular weight excluding hydrogens is 232 g/mol. The lowest BCUT2D eigenvalue weighted by atomic mass is 9.74. The quantitative estimate of drug-likeness (QED) is 0.782. The summed E-state index contributed by atoms with van der Waals surface area (Å²) in [5, 5.41) is 3.78. The van der Waals surface area contributed by atoms with E-state index in [4.69, 9.17) is 0 Å². The highest BCUT2D eigenvalue weighted by atomic mass is 15.2. The Morgan fingerprint density at radius 2 is 2.21 bits per heavy atom. The van der Waals surface area contributed by atoms with Gasteiger partial charge in [0.25, 0.3) is 0 Å². The molecule has 0 bridgehead atoms. The molecule has 0 aliphatic carbocycles. The number of nitrogens with one attached hydrogen (secondary N) is 1. The molecule has 0 radical (unpaired) electrons. The fourth-order valence-corrected chi connectivity index (χ4v) is 3.73. The van der Waals surface area contributed by atoms with Gasteiger partial charge in [0.2, 0.25) is 0 Å². The minimum atomic E-state index is 0.368. The smallest absolute Gasteiger partial charge is 0.0309 e. The number of fused-ring (bicyclic) bond motifs is 1. The summed E-state index contributed by atoms with van der Waals surface area (Å²) < 4.78 is 0. The minimum Gasteiger partial charge on any atom is -0.310 e. The van der Waals surface area contributed by atoms with Crippen molar-refractivity contribution in [1.29, 1.82) is 0 Å². The van der Waals surface area contributed by atoms with Crippen molar-refractivity contribution in [3.8, 4) is 0 Å². The SMILES string of the molecule is C/C=C\C(=C/C)CCN1CCC2CCCN[C@]2(C)C1. The van der Waals surface area contributed by atoms with Crippen LogP contribution in [0.25, 0.3) is 0 Å². The lowest BCUT2D eigenvalue weighted by Gasteiger charge is -2.49. The highest BCUT2D eigenvalue weighted by molar-refractivity contribution is 5.17. The molecule has 2 heteroatoms. The zero-order valence-electron chi connectivity index (χ0n) is 12.9. The van der Waals surface area contributed by atoms with Gasteiger partial charge >= 0.3 is 0 Å². The Hall–Kier alpha value is -0.600. The first kappa shape index (κ1) is 14.8. The van der Waals surface area contributed by atoms with Crippen molar-refractivity contribution < 1.29 is 0 Å². The van der Waals surface area contributed by atoms with Crippen LogP contribution in [-0.2, 0) is 0 Å². The van der Waals surface area contributed by atoms with E-state index in [0.29, 0.717) is 5.54 Å². The number of piperidine rings is 2. The number of allylic oxidation sites excluding steroid dienone is 3. The van der Waals surface area contributed by atoms with E-state index in [1.165, 1.54) is 57.4 Å². The molecule has 0 aromatic heterocycles. The van der Waals surface area contributed by atoms with Crippen molar-refractivity contribution in [2.75, 3.05) is 26.2 Å². The Morgan fingerprint density at radius 3 is 2.95 bits per heavy atom. The zero-order chi connectivity index (χ0) is 13.7. The van der Waals surface area contributed by atoms with Crippen LogP contribution in [0, 0.1) is 5.92 Å². The van der Waals surface area contributed by atoms with Crippen LogP contribution < -0.4 is 5.32 Å². The molecule has 0 spiro atoms. The molecule has 2 nitrogen and oxygen atoms in total. The molecule has 0 aromatic carbocycles. The standard InChI is InChI=1S/C17H30N2/c1-4-7-15(5-2)9-12-19-13-10-16-8-6-11-18-17(16,3)14-19/h4-5,7,16,18H,6,8-14H2,1-3H3/b7-4-,15-5+/t16?,17-/m1/s1. The molecule has 0 saturated carbocycles. The summed E-state index contributed by atoms with van der Waals surface area (Å²) in [5.74, 6) is 0.897. The monoisotopic (exact) mass is 262 g/mol. The molecule has 1 unspecified atom stereocenters. The zero-order valence-corrected chi connectivity index (χ0v) is 12.9. The molecule has 2 aliphatic heterocycles. The van der Waals surface area contributed by atoms with Crippen molar-refractivity contribution in [2.45, 2.75) is 52.0 Å². The summed E-state index contributed by atoms with van der Waals surface area (Å²) in [5.41, 5.74) is 1.83. The van der Waals surface area contributed by atoms with E-state index in [1.54, 1.807) is 0 Å². The first-order valence-electron chi connectivity index (χ1n) is 7.93. The van der Waals surface area contributed by atoms with E-state index in [9.17, 15) is 0 Å². The van der Waals surface area contributed by atoms with Crippen molar-refractivity contribution in [3.05, 3.63) is 23.8 Å². The first-order chi connectivity index (χ1) is 9.18. The molecular formula is C17H30N2. The Kier molecular flexibility index (Phi) is 5.23. The van der Waals surface area contributed by atoms with Crippen molar-refractivity contribution in [2.24, 2.45) is 5.92 Å². The molecule has 2 aliphatic rings.